The van der Waals surface area contributed by atoms with Crippen molar-refractivity contribution in [2.75, 3.05) is 25.2 Å². The van der Waals surface area contributed by atoms with Crippen molar-refractivity contribution in [1.29, 1.82) is 0 Å². The van der Waals surface area contributed by atoms with Crippen LogP contribution in [0.25, 0.3) is 21.2 Å². The second kappa shape index (κ2) is 13.6. The molecule has 0 unspecified atom stereocenters. The van der Waals surface area contributed by atoms with Crippen LogP contribution in [0.3, 0.4) is 0 Å². The zero-order valence-electron chi connectivity index (χ0n) is 25.2. The predicted molar refractivity (Wildman–Crippen MR) is 178 cm³/mol. The molecular formula is C35H38O7S2. The second-order valence-electron chi connectivity index (χ2n) is 11.3. The van der Waals surface area contributed by atoms with E-state index in [0.717, 1.165) is 39.0 Å². The molecule has 0 saturated carbocycles. The Morgan fingerprint density at radius 2 is 1.73 bits per heavy atom. The Balaban J connectivity index is 1.25. The Bertz CT molecular complexity index is 1670. The van der Waals surface area contributed by atoms with E-state index >= 15 is 0 Å². The van der Waals surface area contributed by atoms with Crippen molar-refractivity contribution in [3.8, 4) is 34.5 Å². The van der Waals surface area contributed by atoms with Crippen molar-refractivity contribution in [2.45, 2.75) is 51.2 Å². The SMILES string of the molecule is CC#C[C@@H](CC(=O)OC)c1ccc(OCc2ccc3scc(-c4ccc(OCC5(O)CCS(O)(O)CC5)cc4C)c3c2)cc1. The summed E-state index contributed by atoms with van der Waals surface area (Å²) in [6, 6.07) is 20.0. The van der Waals surface area contributed by atoms with Crippen molar-refractivity contribution >= 4 is 38.0 Å². The van der Waals surface area contributed by atoms with Crippen molar-refractivity contribution in [3.05, 3.63) is 82.7 Å². The first kappa shape index (κ1) is 31.9. The van der Waals surface area contributed by atoms with Gasteiger partial charge in [-0.05, 0) is 90.7 Å². The largest absolute Gasteiger partial charge is 0.491 e. The number of hydrogen-bond donors (Lipinski definition) is 3. The first-order valence-electron chi connectivity index (χ1n) is 14.5. The van der Waals surface area contributed by atoms with E-state index in [1.807, 2.05) is 36.4 Å². The molecule has 0 spiro atoms. The van der Waals surface area contributed by atoms with Gasteiger partial charge in [0, 0.05) is 27.2 Å². The van der Waals surface area contributed by atoms with Crippen molar-refractivity contribution in [2.24, 2.45) is 0 Å². The highest BCUT2D eigenvalue weighted by molar-refractivity contribution is 8.24. The number of benzene rings is 3. The van der Waals surface area contributed by atoms with E-state index < -0.39 is 16.2 Å². The average Bonchev–Trinajstić information content (AvgIpc) is 3.44. The van der Waals surface area contributed by atoms with Gasteiger partial charge in [0.1, 0.15) is 30.3 Å². The van der Waals surface area contributed by atoms with Gasteiger partial charge in [0.05, 0.1) is 19.4 Å². The molecule has 2 heterocycles. The molecule has 1 saturated heterocycles. The van der Waals surface area contributed by atoms with Gasteiger partial charge in [-0.2, -0.15) is 10.6 Å². The van der Waals surface area contributed by atoms with E-state index in [1.165, 1.54) is 11.8 Å². The Morgan fingerprint density at radius 1 is 1.00 bits per heavy atom. The first-order chi connectivity index (χ1) is 21.1. The number of rotatable bonds is 10. The zero-order chi connectivity index (χ0) is 31.3. The molecule has 1 aliphatic rings. The second-order valence-corrected chi connectivity index (χ2v) is 14.6. The number of thiophene rings is 1. The summed E-state index contributed by atoms with van der Waals surface area (Å²) in [6.45, 7) is 4.34. The molecule has 0 amide bonds. The van der Waals surface area contributed by atoms with E-state index in [2.05, 4.69) is 48.4 Å². The van der Waals surface area contributed by atoms with Crippen molar-refractivity contribution in [1.82, 2.24) is 0 Å². The number of carbonyl (C=O) groups excluding carboxylic acids is 1. The molecule has 1 atom stereocenters. The number of esters is 1. The lowest BCUT2D eigenvalue weighted by Gasteiger charge is -2.43. The average molecular weight is 635 g/mol. The lowest BCUT2D eigenvalue weighted by Crippen LogP contribution is -2.42. The molecule has 44 heavy (non-hydrogen) atoms. The van der Waals surface area contributed by atoms with Gasteiger partial charge in [-0.15, -0.1) is 17.3 Å². The van der Waals surface area contributed by atoms with Crippen LogP contribution in [0.15, 0.2) is 66.0 Å². The minimum atomic E-state index is -2.56. The number of hydrogen-bond acceptors (Lipinski definition) is 8. The maximum Gasteiger partial charge on any atom is 0.307 e. The maximum atomic E-state index is 11.8. The molecule has 1 fully saturated rings. The van der Waals surface area contributed by atoms with Gasteiger partial charge in [0.25, 0.3) is 0 Å². The normalized spacial score (nSPS) is 16.8. The van der Waals surface area contributed by atoms with Gasteiger partial charge >= 0.3 is 5.97 Å². The topological polar surface area (TPSA) is 105 Å². The molecule has 1 aliphatic heterocycles. The lowest BCUT2D eigenvalue weighted by molar-refractivity contribution is -0.140. The van der Waals surface area contributed by atoms with Crippen LogP contribution in [-0.2, 0) is 16.1 Å². The highest BCUT2D eigenvalue weighted by Gasteiger charge is 2.36. The molecule has 0 aliphatic carbocycles. The Kier molecular flexibility index (Phi) is 9.88. The molecule has 3 aromatic carbocycles. The summed E-state index contributed by atoms with van der Waals surface area (Å²) in [5.74, 6) is 7.30. The van der Waals surface area contributed by atoms with Gasteiger partial charge in [-0.25, -0.2) is 0 Å². The molecule has 5 rings (SSSR count). The third-order valence-corrected chi connectivity index (χ3v) is 10.7. The number of aliphatic hydroxyl groups is 1. The van der Waals surface area contributed by atoms with Crippen LogP contribution in [0.2, 0.25) is 0 Å². The molecular weight excluding hydrogens is 597 g/mol. The molecule has 0 bridgehead atoms. The Morgan fingerprint density at radius 3 is 2.41 bits per heavy atom. The van der Waals surface area contributed by atoms with Crippen LogP contribution in [0.4, 0.5) is 0 Å². The van der Waals surface area contributed by atoms with Gasteiger partial charge in [-0.3, -0.25) is 13.9 Å². The summed E-state index contributed by atoms with van der Waals surface area (Å²) in [5.41, 5.74) is 4.27. The van der Waals surface area contributed by atoms with Gasteiger partial charge in [-0.1, -0.05) is 30.2 Å². The Labute approximate surface area is 264 Å². The van der Waals surface area contributed by atoms with Crippen molar-refractivity contribution < 1.29 is 33.2 Å². The summed E-state index contributed by atoms with van der Waals surface area (Å²) in [4.78, 5) is 11.8. The maximum absolute atomic E-state index is 11.8. The van der Waals surface area contributed by atoms with Gasteiger partial charge in [0.15, 0.2) is 0 Å². The molecule has 7 nitrogen and oxygen atoms in total. The number of aryl methyl sites for hydroxylation is 1. The van der Waals surface area contributed by atoms with Crippen LogP contribution in [0.1, 0.15) is 48.8 Å². The molecule has 3 N–H and O–H groups in total. The standard InChI is InChI=1S/C35H38O7S2/c1-4-5-27(20-34(36)40-3)26-7-9-28(10-8-26)41-21-25-6-13-33-31(19-25)32(22-43-33)30-12-11-29(18-24(30)2)42-23-35(37)14-16-44(38,39)17-15-35/h6-13,18-19,22,27,37-39H,14-17,20-21,23H2,1-3H3/t27-/m0/s1. The fourth-order valence-corrected chi connectivity index (χ4v) is 7.90. The van der Waals surface area contributed by atoms with Crippen molar-refractivity contribution in [3.63, 3.8) is 0 Å². The molecule has 0 radical (unpaired) electrons. The summed E-state index contributed by atoms with van der Waals surface area (Å²) >= 11 is 1.70. The third-order valence-electron chi connectivity index (χ3n) is 8.03. The fourth-order valence-electron chi connectivity index (χ4n) is 5.34. The highest BCUT2D eigenvalue weighted by Crippen LogP contribution is 2.47. The molecule has 1 aromatic heterocycles. The number of carbonyl (C=O) groups is 1. The number of ether oxygens (including phenoxy) is 3. The first-order valence-corrected chi connectivity index (χ1v) is 17.3. The quantitative estimate of drug-likeness (QED) is 0.121. The smallest absolute Gasteiger partial charge is 0.307 e. The monoisotopic (exact) mass is 634 g/mol. The summed E-state index contributed by atoms with van der Waals surface area (Å²) in [6.07, 6.45) is 0.837. The van der Waals surface area contributed by atoms with Crippen LogP contribution in [0, 0.1) is 18.8 Å². The summed E-state index contributed by atoms with van der Waals surface area (Å²) in [5, 5.41) is 14.2. The lowest BCUT2D eigenvalue weighted by atomic mass is 9.96. The highest BCUT2D eigenvalue weighted by atomic mass is 32.3. The molecule has 232 valence electrons. The summed E-state index contributed by atoms with van der Waals surface area (Å²) < 4.78 is 37.8. The van der Waals surface area contributed by atoms with E-state index in [1.54, 1.807) is 18.3 Å². The Hall–Kier alpha value is -3.52. The van der Waals surface area contributed by atoms with Crippen LogP contribution in [0.5, 0.6) is 11.5 Å². The van der Waals surface area contributed by atoms with Crippen LogP contribution < -0.4 is 9.47 Å². The zero-order valence-corrected chi connectivity index (χ0v) is 26.8. The minimum Gasteiger partial charge on any atom is -0.491 e. The number of fused-ring (bicyclic) bond motifs is 1. The minimum absolute atomic E-state index is 0.121. The molecule has 4 aromatic rings. The van der Waals surface area contributed by atoms with Gasteiger partial charge < -0.3 is 19.3 Å². The fraction of sp³-hybridized carbons (Fsp3) is 0.343. The molecule has 9 heteroatoms. The third kappa shape index (κ3) is 7.76. The number of methoxy groups -OCH3 is 1. The van der Waals surface area contributed by atoms with E-state index in [4.69, 9.17) is 14.2 Å². The van der Waals surface area contributed by atoms with Crippen LogP contribution >= 0.6 is 21.9 Å². The predicted octanol–water partition coefficient (Wildman–Crippen LogP) is 7.78. The summed E-state index contributed by atoms with van der Waals surface area (Å²) in [7, 11) is -1.18. The van der Waals surface area contributed by atoms with Gasteiger partial charge in [0.2, 0.25) is 0 Å². The van der Waals surface area contributed by atoms with E-state index in [-0.39, 0.29) is 36.4 Å². The van der Waals surface area contributed by atoms with Crippen LogP contribution in [-0.4, -0.2) is 51.0 Å². The van der Waals surface area contributed by atoms with E-state index in [0.29, 0.717) is 25.2 Å². The van der Waals surface area contributed by atoms with E-state index in [9.17, 15) is 19.0 Å².